The molecule has 126 valence electrons. The van der Waals surface area contributed by atoms with E-state index in [1.165, 1.54) is 11.3 Å². The van der Waals surface area contributed by atoms with E-state index >= 15 is 0 Å². The molecule has 0 saturated heterocycles. The SMILES string of the molecule is CS(=O)(=O)c1oc(-c2cccs2)nc1S(=O)(=O)c1ccc(F)cc1. The predicted octanol–water partition coefficient (Wildman–Crippen LogP) is 2.78. The Bertz CT molecular complexity index is 1080. The Morgan fingerprint density at radius 2 is 1.75 bits per heavy atom. The maximum atomic E-state index is 13.0. The van der Waals surface area contributed by atoms with Crippen molar-refractivity contribution >= 4 is 31.0 Å². The maximum Gasteiger partial charge on any atom is 0.258 e. The zero-order valence-electron chi connectivity index (χ0n) is 12.1. The van der Waals surface area contributed by atoms with E-state index in [0.29, 0.717) is 4.88 Å². The third-order valence-electron chi connectivity index (χ3n) is 3.01. The number of nitrogens with zero attached hydrogens (tertiary/aromatic N) is 1. The van der Waals surface area contributed by atoms with Crippen LogP contribution in [0.1, 0.15) is 0 Å². The topological polar surface area (TPSA) is 94.3 Å². The Hall–Kier alpha value is -2.04. The van der Waals surface area contributed by atoms with E-state index in [2.05, 4.69) is 4.98 Å². The summed E-state index contributed by atoms with van der Waals surface area (Å²) >= 11 is 1.22. The number of sulfone groups is 2. The summed E-state index contributed by atoms with van der Waals surface area (Å²) in [6, 6.07) is 7.32. The van der Waals surface area contributed by atoms with Gasteiger partial charge in [-0.15, -0.1) is 11.3 Å². The third-order valence-corrected chi connectivity index (χ3v) is 6.63. The first-order valence-corrected chi connectivity index (χ1v) is 10.7. The summed E-state index contributed by atoms with van der Waals surface area (Å²) in [5, 5.41) is 0.267. The van der Waals surface area contributed by atoms with Crippen LogP contribution >= 0.6 is 11.3 Å². The molecule has 0 radical (unpaired) electrons. The number of halogens is 1. The molecule has 0 aliphatic heterocycles. The van der Waals surface area contributed by atoms with E-state index in [0.717, 1.165) is 30.5 Å². The maximum absolute atomic E-state index is 13.0. The summed E-state index contributed by atoms with van der Waals surface area (Å²) < 4.78 is 67.4. The molecule has 2 heterocycles. The van der Waals surface area contributed by atoms with Gasteiger partial charge in [0.2, 0.25) is 30.6 Å². The van der Waals surface area contributed by atoms with Crippen LogP contribution < -0.4 is 0 Å². The summed E-state index contributed by atoms with van der Waals surface area (Å²) in [6.45, 7) is 0. The first-order chi connectivity index (χ1) is 11.2. The van der Waals surface area contributed by atoms with Crippen LogP contribution in [0.15, 0.2) is 61.2 Å². The van der Waals surface area contributed by atoms with Gasteiger partial charge in [-0.3, -0.25) is 0 Å². The minimum atomic E-state index is -4.29. The van der Waals surface area contributed by atoms with E-state index < -0.39 is 35.6 Å². The van der Waals surface area contributed by atoms with Crippen LogP contribution in [0, 0.1) is 5.82 Å². The molecular formula is C14H10FNO5S3. The van der Waals surface area contributed by atoms with Crippen molar-refractivity contribution in [3.8, 4) is 10.8 Å². The second-order valence-corrected chi connectivity index (χ2v) is 9.55. The van der Waals surface area contributed by atoms with Crippen LogP contribution in [-0.4, -0.2) is 28.1 Å². The van der Waals surface area contributed by atoms with Crippen LogP contribution in [0.5, 0.6) is 0 Å². The van der Waals surface area contributed by atoms with Gasteiger partial charge in [0.1, 0.15) is 5.82 Å². The van der Waals surface area contributed by atoms with E-state index in [1.807, 2.05) is 0 Å². The second kappa shape index (κ2) is 5.80. The van der Waals surface area contributed by atoms with Gasteiger partial charge in [-0.25, -0.2) is 21.2 Å². The van der Waals surface area contributed by atoms with Crippen LogP contribution in [0.4, 0.5) is 4.39 Å². The molecule has 3 aromatic rings. The monoisotopic (exact) mass is 387 g/mol. The first-order valence-electron chi connectivity index (χ1n) is 6.45. The molecule has 0 saturated carbocycles. The summed E-state index contributed by atoms with van der Waals surface area (Å²) in [7, 11) is -8.27. The molecule has 0 N–H and O–H groups in total. The number of thiophene rings is 1. The molecule has 3 rings (SSSR count). The highest BCUT2D eigenvalue weighted by Crippen LogP contribution is 2.33. The average molecular weight is 387 g/mol. The van der Waals surface area contributed by atoms with Crippen molar-refractivity contribution in [1.29, 1.82) is 0 Å². The molecule has 24 heavy (non-hydrogen) atoms. The minimum absolute atomic E-state index is 0.105. The first kappa shape index (κ1) is 16.8. The number of aromatic nitrogens is 1. The molecule has 1 aromatic carbocycles. The zero-order valence-corrected chi connectivity index (χ0v) is 14.6. The molecule has 10 heteroatoms. The van der Waals surface area contributed by atoms with E-state index in [1.54, 1.807) is 17.5 Å². The summed E-state index contributed by atoms with van der Waals surface area (Å²) in [4.78, 5) is 4.08. The fourth-order valence-corrected chi connectivity index (χ4v) is 5.13. The molecule has 0 amide bonds. The van der Waals surface area contributed by atoms with E-state index in [-0.39, 0.29) is 10.8 Å². The Morgan fingerprint density at radius 1 is 1.08 bits per heavy atom. The Balaban J connectivity index is 2.24. The lowest BCUT2D eigenvalue weighted by Crippen LogP contribution is -2.08. The van der Waals surface area contributed by atoms with Crippen LogP contribution in [0.2, 0.25) is 0 Å². The third kappa shape index (κ3) is 2.99. The van der Waals surface area contributed by atoms with Crippen molar-refractivity contribution in [2.45, 2.75) is 15.0 Å². The van der Waals surface area contributed by atoms with E-state index in [4.69, 9.17) is 4.42 Å². The summed E-state index contributed by atoms with van der Waals surface area (Å²) in [6.07, 6.45) is 0.829. The van der Waals surface area contributed by atoms with Gasteiger partial charge < -0.3 is 4.42 Å². The molecule has 2 aromatic heterocycles. The predicted molar refractivity (Wildman–Crippen MR) is 84.8 cm³/mol. The number of hydrogen-bond acceptors (Lipinski definition) is 7. The van der Waals surface area contributed by atoms with Crippen molar-refractivity contribution in [3.63, 3.8) is 0 Å². The zero-order chi connectivity index (χ0) is 17.5. The molecule has 0 unspecified atom stereocenters. The second-order valence-electron chi connectivity index (χ2n) is 4.82. The highest BCUT2D eigenvalue weighted by molar-refractivity contribution is 7.94. The van der Waals surface area contributed by atoms with Crippen molar-refractivity contribution in [2.75, 3.05) is 6.26 Å². The fourth-order valence-electron chi connectivity index (χ4n) is 1.93. The molecule has 0 fully saturated rings. The van der Waals surface area contributed by atoms with Gasteiger partial charge >= 0.3 is 0 Å². The molecule has 0 bridgehead atoms. The van der Waals surface area contributed by atoms with Crippen molar-refractivity contribution in [2.24, 2.45) is 0 Å². The van der Waals surface area contributed by atoms with E-state index in [9.17, 15) is 21.2 Å². The molecule has 0 aliphatic carbocycles. The highest BCUT2D eigenvalue weighted by atomic mass is 32.2. The van der Waals surface area contributed by atoms with Gasteiger partial charge in [0, 0.05) is 6.26 Å². The van der Waals surface area contributed by atoms with Crippen LogP contribution in [0.3, 0.4) is 0 Å². The van der Waals surface area contributed by atoms with Crippen LogP contribution in [-0.2, 0) is 19.7 Å². The molecule has 6 nitrogen and oxygen atoms in total. The van der Waals surface area contributed by atoms with Gasteiger partial charge in [0.15, 0.2) is 0 Å². The quantitative estimate of drug-likeness (QED) is 0.639. The van der Waals surface area contributed by atoms with Crippen molar-refractivity contribution < 1.29 is 25.6 Å². The van der Waals surface area contributed by atoms with Gasteiger partial charge in [-0.1, -0.05) is 6.07 Å². The van der Waals surface area contributed by atoms with Gasteiger partial charge in [0.05, 0.1) is 9.77 Å². The van der Waals surface area contributed by atoms with Gasteiger partial charge in [-0.2, -0.15) is 4.98 Å². The van der Waals surface area contributed by atoms with Gasteiger partial charge in [-0.05, 0) is 35.7 Å². The highest BCUT2D eigenvalue weighted by Gasteiger charge is 2.33. The number of hydrogen-bond donors (Lipinski definition) is 0. The van der Waals surface area contributed by atoms with Crippen molar-refractivity contribution in [1.82, 2.24) is 4.98 Å². The number of benzene rings is 1. The lowest BCUT2D eigenvalue weighted by Gasteiger charge is -2.02. The number of oxazole rings is 1. The average Bonchev–Trinajstić information content (AvgIpc) is 3.16. The minimum Gasteiger partial charge on any atom is -0.422 e. The Labute approximate surface area is 141 Å². The van der Waals surface area contributed by atoms with Gasteiger partial charge in [0.25, 0.3) is 5.09 Å². The fraction of sp³-hybridized carbons (Fsp3) is 0.0714. The summed E-state index contributed by atoms with van der Waals surface area (Å²) in [5.41, 5.74) is 0. The Morgan fingerprint density at radius 3 is 2.29 bits per heavy atom. The number of rotatable bonds is 4. The lowest BCUT2D eigenvalue weighted by atomic mass is 10.4. The van der Waals surface area contributed by atoms with Crippen LogP contribution in [0.25, 0.3) is 10.8 Å². The molecule has 0 atom stereocenters. The van der Waals surface area contributed by atoms with Crippen molar-refractivity contribution in [3.05, 3.63) is 47.6 Å². The Kier molecular flexibility index (Phi) is 4.06. The normalized spacial score (nSPS) is 12.4. The molecule has 0 aliphatic rings. The summed E-state index contributed by atoms with van der Waals surface area (Å²) in [5.74, 6) is -0.720. The smallest absolute Gasteiger partial charge is 0.258 e. The molecular weight excluding hydrogens is 377 g/mol. The lowest BCUT2D eigenvalue weighted by molar-refractivity contribution is 0.447. The molecule has 0 spiro atoms. The largest absolute Gasteiger partial charge is 0.422 e. The standard InChI is InChI=1S/C14H10FNO5S3/c1-23(17,18)14-13(16-12(21-14)11-3-2-8-22-11)24(19,20)10-6-4-9(15)5-7-10/h2-8H,1H3.